The number of hydrogen-bond donors (Lipinski definition) is 1. The Bertz CT molecular complexity index is 497. The molecule has 2 rings (SSSR count). The topological polar surface area (TPSA) is 65.2 Å². The standard InChI is InChI=1S/C12H10BrN3O/c13-9-3-5-10(6-4-9)15-16-11(7-14)12(17)8-1-2-8/h3-6,8,15H,1-2H2/b16-11+. The van der Waals surface area contributed by atoms with E-state index in [0.29, 0.717) is 0 Å². The molecule has 0 atom stereocenters. The lowest BCUT2D eigenvalue weighted by atomic mass is 10.2. The summed E-state index contributed by atoms with van der Waals surface area (Å²) in [6, 6.07) is 9.16. The lowest BCUT2D eigenvalue weighted by Crippen LogP contribution is -2.15. The van der Waals surface area contributed by atoms with Gasteiger partial charge in [0.1, 0.15) is 6.07 Å². The molecule has 0 radical (unpaired) electrons. The van der Waals surface area contributed by atoms with E-state index in [1.807, 2.05) is 30.3 Å². The predicted octanol–water partition coefficient (Wildman–Crippen LogP) is 2.72. The van der Waals surface area contributed by atoms with E-state index in [1.165, 1.54) is 0 Å². The van der Waals surface area contributed by atoms with Crippen LogP contribution in [0, 0.1) is 17.2 Å². The van der Waals surface area contributed by atoms with E-state index in [-0.39, 0.29) is 17.4 Å². The van der Waals surface area contributed by atoms with Gasteiger partial charge in [0.05, 0.1) is 5.69 Å². The fourth-order valence-corrected chi connectivity index (χ4v) is 1.58. The maximum atomic E-state index is 11.6. The molecular formula is C12H10BrN3O. The maximum Gasteiger partial charge on any atom is 0.203 e. The number of hydrogen-bond acceptors (Lipinski definition) is 4. The van der Waals surface area contributed by atoms with Crippen LogP contribution in [0.1, 0.15) is 12.8 Å². The number of nitrogens with zero attached hydrogens (tertiary/aromatic N) is 2. The molecule has 5 heteroatoms. The van der Waals surface area contributed by atoms with Gasteiger partial charge in [0.2, 0.25) is 5.71 Å². The van der Waals surface area contributed by atoms with Crippen molar-refractivity contribution in [2.45, 2.75) is 12.8 Å². The van der Waals surface area contributed by atoms with Crippen molar-refractivity contribution in [1.82, 2.24) is 0 Å². The summed E-state index contributed by atoms with van der Waals surface area (Å²) in [5.41, 5.74) is 3.40. The number of anilines is 1. The van der Waals surface area contributed by atoms with Gasteiger partial charge in [-0.25, -0.2) is 0 Å². The van der Waals surface area contributed by atoms with Crippen LogP contribution >= 0.6 is 15.9 Å². The first-order valence-corrected chi connectivity index (χ1v) is 6.03. The van der Waals surface area contributed by atoms with Crippen molar-refractivity contribution in [3.05, 3.63) is 28.7 Å². The van der Waals surface area contributed by atoms with Crippen LogP contribution in [0.25, 0.3) is 0 Å². The van der Waals surface area contributed by atoms with Crippen molar-refractivity contribution < 1.29 is 4.79 Å². The van der Waals surface area contributed by atoms with Gasteiger partial charge in [-0.2, -0.15) is 10.4 Å². The molecule has 86 valence electrons. The van der Waals surface area contributed by atoms with Crippen LogP contribution < -0.4 is 5.43 Å². The van der Waals surface area contributed by atoms with Gasteiger partial charge in [0, 0.05) is 10.4 Å². The first-order chi connectivity index (χ1) is 8.20. The van der Waals surface area contributed by atoms with Crippen molar-refractivity contribution in [2.75, 3.05) is 5.43 Å². The zero-order valence-electron chi connectivity index (χ0n) is 8.98. The monoisotopic (exact) mass is 291 g/mol. The third-order valence-electron chi connectivity index (χ3n) is 2.43. The molecule has 1 aliphatic carbocycles. The van der Waals surface area contributed by atoms with Crippen LogP contribution in [0.2, 0.25) is 0 Å². The second-order valence-electron chi connectivity index (χ2n) is 3.83. The number of hydrazone groups is 1. The highest BCUT2D eigenvalue weighted by atomic mass is 79.9. The molecule has 0 aliphatic heterocycles. The largest absolute Gasteiger partial charge is 0.291 e. The van der Waals surface area contributed by atoms with Crippen LogP contribution in [0.3, 0.4) is 0 Å². The number of carbonyl (C=O) groups excluding carboxylic acids is 1. The van der Waals surface area contributed by atoms with Crippen LogP contribution in [0.4, 0.5) is 5.69 Å². The van der Waals surface area contributed by atoms with Crippen molar-refractivity contribution >= 4 is 33.1 Å². The summed E-state index contributed by atoms with van der Waals surface area (Å²) in [7, 11) is 0. The molecule has 1 aliphatic rings. The van der Waals surface area contributed by atoms with Gasteiger partial charge in [-0.05, 0) is 37.1 Å². The van der Waals surface area contributed by atoms with Gasteiger partial charge in [-0.3, -0.25) is 10.2 Å². The van der Waals surface area contributed by atoms with E-state index in [1.54, 1.807) is 0 Å². The Balaban J connectivity index is 2.05. The lowest BCUT2D eigenvalue weighted by molar-refractivity contribution is -0.113. The first kappa shape index (κ1) is 11.8. The zero-order valence-corrected chi connectivity index (χ0v) is 10.6. The molecule has 1 aromatic rings. The maximum absolute atomic E-state index is 11.6. The number of halogens is 1. The average Bonchev–Trinajstić information content (AvgIpc) is 3.16. The van der Waals surface area contributed by atoms with Gasteiger partial charge in [-0.1, -0.05) is 15.9 Å². The third kappa shape index (κ3) is 3.14. The molecule has 17 heavy (non-hydrogen) atoms. The Kier molecular flexibility index (Phi) is 3.55. The molecule has 1 saturated carbocycles. The molecule has 0 saturated heterocycles. The third-order valence-corrected chi connectivity index (χ3v) is 2.96. The molecule has 4 nitrogen and oxygen atoms in total. The SMILES string of the molecule is N#C/C(=N\Nc1ccc(Br)cc1)C(=O)C1CC1. The van der Waals surface area contributed by atoms with E-state index in [2.05, 4.69) is 26.5 Å². The minimum Gasteiger partial charge on any atom is -0.291 e. The van der Waals surface area contributed by atoms with E-state index in [4.69, 9.17) is 5.26 Å². The predicted molar refractivity (Wildman–Crippen MR) is 68.5 cm³/mol. The quantitative estimate of drug-likeness (QED) is 0.685. The second kappa shape index (κ2) is 5.11. The summed E-state index contributed by atoms with van der Waals surface area (Å²) in [4.78, 5) is 11.6. The summed E-state index contributed by atoms with van der Waals surface area (Å²) >= 11 is 3.32. The number of rotatable bonds is 4. The highest BCUT2D eigenvalue weighted by molar-refractivity contribution is 9.10. The second-order valence-corrected chi connectivity index (χ2v) is 4.75. The minimum atomic E-state index is -0.155. The van der Waals surface area contributed by atoms with Crippen LogP contribution in [0.5, 0.6) is 0 Å². The van der Waals surface area contributed by atoms with Gasteiger partial charge >= 0.3 is 0 Å². The normalized spacial score (nSPS) is 15.2. The number of nitriles is 1. The Morgan fingerprint density at radius 2 is 2.06 bits per heavy atom. The van der Waals surface area contributed by atoms with Crippen LogP contribution in [0.15, 0.2) is 33.8 Å². The van der Waals surface area contributed by atoms with E-state index in [0.717, 1.165) is 23.0 Å². The fraction of sp³-hybridized carbons (Fsp3) is 0.250. The van der Waals surface area contributed by atoms with Crippen molar-refractivity contribution in [3.63, 3.8) is 0 Å². The number of nitrogens with one attached hydrogen (secondary N) is 1. The van der Waals surface area contributed by atoms with E-state index >= 15 is 0 Å². The van der Waals surface area contributed by atoms with Crippen LogP contribution in [-0.4, -0.2) is 11.5 Å². The molecule has 0 amide bonds. The van der Waals surface area contributed by atoms with E-state index in [9.17, 15) is 4.79 Å². The van der Waals surface area contributed by atoms with E-state index < -0.39 is 0 Å². The first-order valence-electron chi connectivity index (χ1n) is 5.24. The highest BCUT2D eigenvalue weighted by Crippen LogP contribution is 2.30. The van der Waals surface area contributed by atoms with Gasteiger partial charge < -0.3 is 0 Å². The molecule has 0 aromatic heterocycles. The van der Waals surface area contributed by atoms with Gasteiger partial charge in [0.25, 0.3) is 0 Å². The smallest absolute Gasteiger partial charge is 0.203 e. The average molecular weight is 292 g/mol. The lowest BCUT2D eigenvalue weighted by Gasteiger charge is -2.00. The van der Waals surface area contributed by atoms with Crippen molar-refractivity contribution in [2.24, 2.45) is 11.0 Å². The van der Waals surface area contributed by atoms with Crippen molar-refractivity contribution in [1.29, 1.82) is 5.26 Å². The molecule has 1 fully saturated rings. The Morgan fingerprint density at radius 3 is 2.59 bits per heavy atom. The van der Waals surface area contributed by atoms with Gasteiger partial charge in [0.15, 0.2) is 5.78 Å². The zero-order chi connectivity index (χ0) is 12.3. The molecule has 1 N–H and O–H groups in total. The minimum absolute atomic E-state index is 0.0140. The number of carbonyl (C=O) groups is 1. The number of benzene rings is 1. The molecule has 0 unspecified atom stereocenters. The van der Waals surface area contributed by atoms with Crippen LogP contribution in [-0.2, 0) is 4.79 Å². The Labute approximate surface area is 107 Å². The van der Waals surface area contributed by atoms with Crippen molar-refractivity contribution in [3.8, 4) is 6.07 Å². The number of ketones is 1. The summed E-state index contributed by atoms with van der Waals surface area (Å²) in [6.07, 6.45) is 1.75. The molecular weight excluding hydrogens is 282 g/mol. The fourth-order valence-electron chi connectivity index (χ4n) is 1.32. The van der Waals surface area contributed by atoms with Gasteiger partial charge in [-0.15, -0.1) is 0 Å². The summed E-state index contributed by atoms with van der Waals surface area (Å²) in [5, 5.41) is 12.7. The molecule has 0 bridgehead atoms. The number of Topliss-reactive ketones (excluding diaryl/α,β-unsaturated/α-hetero) is 1. The highest BCUT2D eigenvalue weighted by Gasteiger charge is 2.32. The Morgan fingerprint density at radius 1 is 1.41 bits per heavy atom. The Hall–Kier alpha value is -1.67. The molecule has 1 aromatic carbocycles. The summed E-state index contributed by atoms with van der Waals surface area (Å²) in [5.74, 6) is -0.141. The summed E-state index contributed by atoms with van der Waals surface area (Å²) in [6.45, 7) is 0. The molecule has 0 heterocycles. The molecule has 0 spiro atoms. The summed E-state index contributed by atoms with van der Waals surface area (Å²) < 4.78 is 0.960.